The van der Waals surface area contributed by atoms with Crippen molar-refractivity contribution in [1.29, 1.82) is 0 Å². The molecule has 1 heteroatoms. The summed E-state index contributed by atoms with van der Waals surface area (Å²) in [4.78, 5) is 0. The summed E-state index contributed by atoms with van der Waals surface area (Å²) in [5, 5.41) is 3.44. The third-order valence-corrected chi connectivity index (χ3v) is 1.86. The molecule has 0 saturated heterocycles. The SMILES string of the molecule is C=C(C)C(CC(C)(C)C)NCC. The fraction of sp³-hybridized carbons (Fsp3) is 0.818. The molecule has 0 radical (unpaired) electrons. The van der Waals surface area contributed by atoms with Crippen LogP contribution in [0.25, 0.3) is 0 Å². The van der Waals surface area contributed by atoms with Gasteiger partial charge in [-0.05, 0) is 25.3 Å². The molecule has 0 bridgehead atoms. The molecule has 0 aromatic rings. The highest BCUT2D eigenvalue weighted by Crippen LogP contribution is 2.23. The Hall–Kier alpha value is -0.300. The van der Waals surface area contributed by atoms with Gasteiger partial charge in [0, 0.05) is 6.04 Å². The molecule has 0 heterocycles. The van der Waals surface area contributed by atoms with Crippen LogP contribution in [-0.2, 0) is 0 Å². The van der Waals surface area contributed by atoms with Gasteiger partial charge >= 0.3 is 0 Å². The molecule has 0 aliphatic carbocycles. The molecule has 0 aromatic heterocycles. The van der Waals surface area contributed by atoms with E-state index in [1.54, 1.807) is 0 Å². The predicted octanol–water partition coefficient (Wildman–Crippen LogP) is 2.98. The largest absolute Gasteiger partial charge is 0.311 e. The van der Waals surface area contributed by atoms with E-state index in [2.05, 4.69) is 46.5 Å². The molecule has 12 heavy (non-hydrogen) atoms. The molecule has 0 saturated carbocycles. The lowest BCUT2D eigenvalue weighted by atomic mass is 9.86. The lowest BCUT2D eigenvalue weighted by molar-refractivity contribution is 0.331. The summed E-state index contributed by atoms with van der Waals surface area (Å²) in [6.45, 7) is 16.0. The van der Waals surface area contributed by atoms with Crippen molar-refractivity contribution in [1.82, 2.24) is 5.32 Å². The van der Waals surface area contributed by atoms with Gasteiger partial charge in [0.1, 0.15) is 0 Å². The number of hydrogen-bond acceptors (Lipinski definition) is 1. The monoisotopic (exact) mass is 169 g/mol. The first kappa shape index (κ1) is 11.7. The van der Waals surface area contributed by atoms with Crippen LogP contribution in [-0.4, -0.2) is 12.6 Å². The Morgan fingerprint density at radius 2 is 1.92 bits per heavy atom. The maximum absolute atomic E-state index is 4.00. The normalized spacial score (nSPS) is 14.4. The van der Waals surface area contributed by atoms with Crippen LogP contribution in [0.4, 0.5) is 0 Å². The van der Waals surface area contributed by atoms with Crippen molar-refractivity contribution in [2.45, 2.75) is 47.1 Å². The van der Waals surface area contributed by atoms with Crippen LogP contribution >= 0.6 is 0 Å². The summed E-state index contributed by atoms with van der Waals surface area (Å²) in [6, 6.07) is 0.481. The Bertz CT molecular complexity index is 142. The minimum Gasteiger partial charge on any atom is -0.311 e. The van der Waals surface area contributed by atoms with Crippen molar-refractivity contribution in [2.24, 2.45) is 5.41 Å². The first-order valence-electron chi connectivity index (χ1n) is 4.75. The molecule has 72 valence electrons. The van der Waals surface area contributed by atoms with Crippen molar-refractivity contribution < 1.29 is 0 Å². The zero-order chi connectivity index (χ0) is 9.78. The van der Waals surface area contributed by atoms with E-state index < -0.39 is 0 Å². The van der Waals surface area contributed by atoms with Crippen LogP contribution in [0.2, 0.25) is 0 Å². The van der Waals surface area contributed by atoms with Gasteiger partial charge in [0.15, 0.2) is 0 Å². The quantitative estimate of drug-likeness (QED) is 0.638. The van der Waals surface area contributed by atoms with Crippen LogP contribution in [0.1, 0.15) is 41.0 Å². The Morgan fingerprint density at radius 1 is 1.42 bits per heavy atom. The van der Waals surface area contributed by atoms with E-state index in [9.17, 15) is 0 Å². The highest BCUT2D eigenvalue weighted by molar-refractivity contribution is 5.02. The summed E-state index contributed by atoms with van der Waals surface area (Å²) in [7, 11) is 0. The van der Waals surface area contributed by atoms with Crippen LogP contribution in [0.3, 0.4) is 0 Å². The average Bonchev–Trinajstić information content (AvgIpc) is 1.83. The third-order valence-electron chi connectivity index (χ3n) is 1.86. The predicted molar refractivity (Wildman–Crippen MR) is 56.4 cm³/mol. The van der Waals surface area contributed by atoms with Crippen LogP contribution < -0.4 is 5.32 Å². The first-order chi connectivity index (χ1) is 5.37. The van der Waals surface area contributed by atoms with Crippen LogP contribution in [0.5, 0.6) is 0 Å². The highest BCUT2D eigenvalue weighted by Gasteiger charge is 2.17. The Kier molecular flexibility index (Phi) is 4.54. The van der Waals surface area contributed by atoms with Gasteiger partial charge in [0.05, 0.1) is 0 Å². The molecule has 0 fully saturated rings. The molecule has 0 spiro atoms. The first-order valence-corrected chi connectivity index (χ1v) is 4.75. The smallest absolute Gasteiger partial charge is 0.0278 e. The molecule has 0 aliphatic rings. The second-order valence-electron chi connectivity index (χ2n) is 4.72. The van der Waals surface area contributed by atoms with Crippen molar-refractivity contribution in [2.75, 3.05) is 6.54 Å². The molecule has 0 aromatic carbocycles. The number of nitrogens with one attached hydrogen (secondary N) is 1. The maximum Gasteiger partial charge on any atom is 0.0278 e. The molecule has 1 nitrogen and oxygen atoms in total. The summed E-state index contributed by atoms with van der Waals surface area (Å²) >= 11 is 0. The van der Waals surface area contributed by atoms with Crippen LogP contribution in [0, 0.1) is 5.41 Å². The lowest BCUT2D eigenvalue weighted by Crippen LogP contribution is -2.33. The number of hydrogen-bond donors (Lipinski definition) is 1. The fourth-order valence-corrected chi connectivity index (χ4v) is 1.28. The minimum absolute atomic E-state index is 0.381. The van der Waals surface area contributed by atoms with Crippen molar-refractivity contribution in [3.63, 3.8) is 0 Å². The van der Waals surface area contributed by atoms with Gasteiger partial charge in [-0.1, -0.05) is 39.8 Å². The van der Waals surface area contributed by atoms with E-state index in [-0.39, 0.29) is 0 Å². The summed E-state index contributed by atoms with van der Waals surface area (Å²) < 4.78 is 0. The third kappa shape index (κ3) is 5.36. The van der Waals surface area contributed by atoms with Crippen LogP contribution in [0.15, 0.2) is 12.2 Å². The molecule has 1 N–H and O–H groups in total. The molecule has 1 atom stereocenters. The lowest BCUT2D eigenvalue weighted by Gasteiger charge is -2.26. The summed E-state index contributed by atoms with van der Waals surface area (Å²) in [5.41, 5.74) is 1.62. The van der Waals surface area contributed by atoms with Gasteiger partial charge in [-0.2, -0.15) is 0 Å². The van der Waals surface area contributed by atoms with Gasteiger partial charge in [0.2, 0.25) is 0 Å². The zero-order valence-corrected chi connectivity index (χ0v) is 9.20. The Balaban J connectivity index is 4.05. The second-order valence-corrected chi connectivity index (χ2v) is 4.72. The van der Waals surface area contributed by atoms with E-state index in [0.29, 0.717) is 11.5 Å². The second kappa shape index (κ2) is 4.66. The van der Waals surface area contributed by atoms with E-state index in [4.69, 9.17) is 0 Å². The van der Waals surface area contributed by atoms with Crippen molar-refractivity contribution >= 4 is 0 Å². The highest BCUT2D eigenvalue weighted by atomic mass is 14.9. The van der Waals surface area contributed by atoms with E-state index >= 15 is 0 Å². The van der Waals surface area contributed by atoms with Gasteiger partial charge in [-0.15, -0.1) is 0 Å². The van der Waals surface area contributed by atoms with Gasteiger partial charge < -0.3 is 5.32 Å². The Labute approximate surface area is 77.2 Å². The fourth-order valence-electron chi connectivity index (χ4n) is 1.28. The molecule has 0 aliphatic heterocycles. The van der Waals surface area contributed by atoms with Gasteiger partial charge in [-0.25, -0.2) is 0 Å². The standard InChI is InChI=1S/C11H23N/c1-7-12-10(9(2)3)8-11(4,5)6/h10,12H,2,7-8H2,1,3-6H3. The van der Waals surface area contributed by atoms with Gasteiger partial charge in [-0.3, -0.25) is 0 Å². The van der Waals surface area contributed by atoms with Crippen molar-refractivity contribution in [3.8, 4) is 0 Å². The zero-order valence-electron chi connectivity index (χ0n) is 9.20. The molecule has 0 amide bonds. The molecular formula is C11H23N. The van der Waals surface area contributed by atoms with Crippen molar-refractivity contribution in [3.05, 3.63) is 12.2 Å². The summed E-state index contributed by atoms with van der Waals surface area (Å²) in [6.07, 6.45) is 1.16. The average molecular weight is 169 g/mol. The topological polar surface area (TPSA) is 12.0 Å². The van der Waals surface area contributed by atoms with Gasteiger partial charge in [0.25, 0.3) is 0 Å². The summed E-state index contributed by atoms with van der Waals surface area (Å²) in [5.74, 6) is 0. The Morgan fingerprint density at radius 3 is 2.17 bits per heavy atom. The minimum atomic E-state index is 0.381. The van der Waals surface area contributed by atoms with E-state index in [1.165, 1.54) is 5.57 Å². The number of rotatable bonds is 4. The van der Waals surface area contributed by atoms with E-state index in [1.807, 2.05) is 0 Å². The molecular weight excluding hydrogens is 146 g/mol. The van der Waals surface area contributed by atoms with E-state index in [0.717, 1.165) is 13.0 Å². The maximum atomic E-state index is 4.00. The molecule has 1 unspecified atom stereocenters. The molecule has 0 rings (SSSR count). The number of likely N-dealkylation sites (N-methyl/N-ethyl adjacent to an activating group) is 1.